The topological polar surface area (TPSA) is 59.6 Å². The summed E-state index contributed by atoms with van der Waals surface area (Å²) in [6.07, 6.45) is -0.940. The lowest BCUT2D eigenvalue weighted by Crippen LogP contribution is -2.22. The predicted molar refractivity (Wildman–Crippen MR) is 88.7 cm³/mol. The summed E-state index contributed by atoms with van der Waals surface area (Å²) in [6, 6.07) is 15.0. The van der Waals surface area contributed by atoms with Gasteiger partial charge in [0.25, 0.3) is 0 Å². The number of nitrogens with two attached hydrogens (primary N) is 1. The molecule has 24 heavy (non-hydrogen) atoms. The quantitative estimate of drug-likeness (QED) is 0.641. The maximum absolute atomic E-state index is 12.1. The first-order valence-electron chi connectivity index (χ1n) is 7.07. The van der Waals surface area contributed by atoms with E-state index in [4.69, 9.17) is 5.73 Å². The average molecular weight is 335 g/mol. The van der Waals surface area contributed by atoms with Crippen LogP contribution in [0.4, 0.5) is 18.9 Å². The van der Waals surface area contributed by atoms with Crippen molar-refractivity contribution in [2.45, 2.75) is 6.36 Å². The third kappa shape index (κ3) is 6.43. The van der Waals surface area contributed by atoms with Crippen LogP contribution in [0, 0.1) is 0 Å². The molecule has 0 atom stereocenters. The molecule has 0 fully saturated rings. The molecule has 0 aliphatic heterocycles. The van der Waals surface area contributed by atoms with E-state index < -0.39 is 6.36 Å². The van der Waals surface area contributed by atoms with Crippen molar-refractivity contribution in [3.63, 3.8) is 0 Å². The van der Waals surface area contributed by atoms with E-state index in [2.05, 4.69) is 15.0 Å². The highest BCUT2D eigenvalue weighted by Crippen LogP contribution is 2.23. The number of nitrogens with one attached hydrogen (secondary N) is 1. The Morgan fingerprint density at radius 3 is 2.38 bits per heavy atom. The first kappa shape index (κ1) is 17.4. The van der Waals surface area contributed by atoms with Crippen molar-refractivity contribution in [1.82, 2.24) is 0 Å². The molecule has 0 amide bonds. The summed E-state index contributed by atoms with van der Waals surface area (Å²) in [4.78, 5) is 4.10. The molecule has 0 spiro atoms. The molecular weight excluding hydrogens is 319 g/mol. The molecule has 0 heterocycles. The van der Waals surface area contributed by atoms with Gasteiger partial charge in [-0.1, -0.05) is 42.5 Å². The van der Waals surface area contributed by atoms with Gasteiger partial charge in [-0.2, -0.15) is 0 Å². The average Bonchev–Trinajstić information content (AvgIpc) is 2.53. The van der Waals surface area contributed by atoms with Crippen LogP contribution in [-0.2, 0) is 0 Å². The highest BCUT2D eigenvalue weighted by atomic mass is 19.4. The predicted octanol–water partition coefficient (Wildman–Crippen LogP) is 4.03. The Hall–Kier alpha value is -2.96. The molecule has 2 rings (SSSR count). The molecule has 4 nitrogen and oxygen atoms in total. The van der Waals surface area contributed by atoms with Gasteiger partial charge in [0.05, 0.1) is 6.54 Å². The molecular formula is C17H16F3N3O. The van der Waals surface area contributed by atoms with E-state index in [1.165, 1.54) is 24.3 Å². The molecule has 0 saturated carbocycles. The summed E-state index contributed by atoms with van der Waals surface area (Å²) in [5.41, 5.74) is 7.29. The van der Waals surface area contributed by atoms with Crippen molar-refractivity contribution in [2.24, 2.45) is 10.7 Å². The number of nitrogens with zero attached hydrogens (tertiary/aromatic N) is 1. The molecule has 0 bridgehead atoms. The van der Waals surface area contributed by atoms with Gasteiger partial charge in [0.2, 0.25) is 0 Å². The van der Waals surface area contributed by atoms with E-state index >= 15 is 0 Å². The number of benzene rings is 2. The summed E-state index contributed by atoms with van der Waals surface area (Å²) < 4.78 is 40.0. The van der Waals surface area contributed by atoms with Crippen LogP contribution in [0.25, 0.3) is 6.08 Å². The highest BCUT2D eigenvalue weighted by Gasteiger charge is 2.30. The minimum Gasteiger partial charge on any atom is -0.406 e. The molecule has 3 N–H and O–H groups in total. The van der Waals surface area contributed by atoms with Crippen molar-refractivity contribution >= 4 is 17.7 Å². The number of anilines is 1. The van der Waals surface area contributed by atoms with Gasteiger partial charge in [0.15, 0.2) is 5.96 Å². The molecule has 126 valence electrons. The second kappa shape index (κ2) is 8.05. The van der Waals surface area contributed by atoms with Crippen LogP contribution < -0.4 is 15.8 Å². The Bertz CT molecular complexity index is 695. The third-order valence-electron chi connectivity index (χ3n) is 2.84. The van der Waals surface area contributed by atoms with Crippen molar-refractivity contribution in [2.75, 3.05) is 11.9 Å². The van der Waals surface area contributed by atoms with Crippen LogP contribution >= 0.6 is 0 Å². The Morgan fingerprint density at radius 1 is 1.08 bits per heavy atom. The molecule has 2 aromatic rings. The molecule has 0 aromatic heterocycles. The normalized spacial score (nSPS) is 12.4. The number of alkyl halides is 3. The van der Waals surface area contributed by atoms with Crippen LogP contribution in [0.5, 0.6) is 5.75 Å². The van der Waals surface area contributed by atoms with Crippen LogP contribution in [0.1, 0.15) is 5.56 Å². The van der Waals surface area contributed by atoms with Crippen molar-refractivity contribution in [3.05, 3.63) is 66.2 Å². The molecule has 0 aliphatic rings. The standard InChI is InChI=1S/C17H16F3N3O/c18-17(19,20)24-15-10-8-14(9-11-15)23-16(21)22-12-4-7-13-5-2-1-3-6-13/h1-11H,12H2,(H3,21,22,23). The smallest absolute Gasteiger partial charge is 0.406 e. The SMILES string of the molecule is NC(=NCC=Cc1ccccc1)Nc1ccc(OC(F)(F)F)cc1. The lowest BCUT2D eigenvalue weighted by atomic mass is 10.2. The molecule has 0 saturated heterocycles. The lowest BCUT2D eigenvalue weighted by Gasteiger charge is -2.10. The zero-order valence-corrected chi connectivity index (χ0v) is 12.6. The lowest BCUT2D eigenvalue weighted by molar-refractivity contribution is -0.274. The van der Waals surface area contributed by atoms with E-state index in [9.17, 15) is 13.2 Å². The number of ether oxygens (including phenoxy) is 1. The summed E-state index contributed by atoms with van der Waals surface area (Å²) in [6.45, 7) is 0.378. The summed E-state index contributed by atoms with van der Waals surface area (Å²) >= 11 is 0. The monoisotopic (exact) mass is 335 g/mol. The van der Waals surface area contributed by atoms with Gasteiger partial charge >= 0.3 is 6.36 Å². The molecule has 0 radical (unpaired) electrons. The number of rotatable bonds is 5. The Labute approximate surface area is 137 Å². The largest absolute Gasteiger partial charge is 0.573 e. The van der Waals surface area contributed by atoms with Gasteiger partial charge in [-0.25, -0.2) is 4.99 Å². The first-order chi connectivity index (χ1) is 11.4. The van der Waals surface area contributed by atoms with Crippen LogP contribution in [0.15, 0.2) is 65.7 Å². The van der Waals surface area contributed by atoms with Gasteiger partial charge in [-0.15, -0.1) is 13.2 Å². The van der Waals surface area contributed by atoms with Gasteiger partial charge in [0.1, 0.15) is 5.75 Å². The third-order valence-corrected chi connectivity index (χ3v) is 2.84. The first-order valence-corrected chi connectivity index (χ1v) is 7.07. The van der Waals surface area contributed by atoms with E-state index in [1.54, 1.807) is 0 Å². The number of hydrogen-bond donors (Lipinski definition) is 2. The van der Waals surface area contributed by atoms with E-state index in [0.29, 0.717) is 12.2 Å². The summed E-state index contributed by atoms with van der Waals surface area (Å²) in [7, 11) is 0. The Kier molecular flexibility index (Phi) is 5.83. The van der Waals surface area contributed by atoms with Gasteiger partial charge in [0, 0.05) is 5.69 Å². The Morgan fingerprint density at radius 2 is 1.75 bits per heavy atom. The number of guanidine groups is 1. The number of hydrogen-bond acceptors (Lipinski definition) is 2. The maximum Gasteiger partial charge on any atom is 0.573 e. The molecule has 7 heteroatoms. The van der Waals surface area contributed by atoms with Crippen LogP contribution in [0.2, 0.25) is 0 Å². The van der Waals surface area contributed by atoms with Gasteiger partial charge < -0.3 is 15.8 Å². The zero-order chi connectivity index (χ0) is 17.4. The fourth-order valence-corrected chi connectivity index (χ4v) is 1.83. The van der Waals surface area contributed by atoms with E-state index in [0.717, 1.165) is 5.56 Å². The van der Waals surface area contributed by atoms with E-state index in [-0.39, 0.29) is 11.7 Å². The fourth-order valence-electron chi connectivity index (χ4n) is 1.83. The second-order valence-corrected chi connectivity index (χ2v) is 4.74. The minimum atomic E-state index is -4.71. The number of aliphatic imine (C=N–C) groups is 1. The fraction of sp³-hybridized carbons (Fsp3) is 0.118. The number of halogens is 3. The Balaban J connectivity index is 1.85. The second-order valence-electron chi connectivity index (χ2n) is 4.74. The van der Waals surface area contributed by atoms with Gasteiger partial charge in [-0.3, -0.25) is 0 Å². The van der Waals surface area contributed by atoms with Crippen molar-refractivity contribution in [1.29, 1.82) is 0 Å². The summed E-state index contributed by atoms with van der Waals surface area (Å²) in [5.74, 6) is -0.133. The molecule has 0 aliphatic carbocycles. The molecule has 0 unspecified atom stereocenters. The van der Waals surface area contributed by atoms with Crippen LogP contribution in [0.3, 0.4) is 0 Å². The van der Waals surface area contributed by atoms with Crippen molar-refractivity contribution < 1.29 is 17.9 Å². The van der Waals surface area contributed by atoms with Crippen LogP contribution in [-0.4, -0.2) is 18.9 Å². The summed E-state index contributed by atoms with van der Waals surface area (Å²) in [5, 5.41) is 2.79. The van der Waals surface area contributed by atoms with Gasteiger partial charge in [-0.05, 0) is 29.8 Å². The highest BCUT2D eigenvalue weighted by molar-refractivity contribution is 5.92. The maximum atomic E-state index is 12.1. The molecule has 2 aromatic carbocycles. The zero-order valence-electron chi connectivity index (χ0n) is 12.6. The van der Waals surface area contributed by atoms with Crippen molar-refractivity contribution in [3.8, 4) is 5.75 Å². The van der Waals surface area contributed by atoms with E-state index in [1.807, 2.05) is 42.5 Å². The minimum absolute atomic E-state index is 0.164.